The van der Waals surface area contributed by atoms with Crippen molar-refractivity contribution in [2.45, 2.75) is 6.54 Å². The van der Waals surface area contributed by atoms with E-state index in [1.165, 1.54) is 16.4 Å². The summed E-state index contributed by atoms with van der Waals surface area (Å²) >= 11 is 0. The van der Waals surface area contributed by atoms with Crippen molar-refractivity contribution in [3.63, 3.8) is 0 Å². The van der Waals surface area contributed by atoms with Gasteiger partial charge in [-0.3, -0.25) is 15.0 Å². The molecule has 0 N–H and O–H groups in total. The van der Waals surface area contributed by atoms with E-state index in [2.05, 4.69) is 33.3 Å². The molecule has 1 saturated heterocycles. The first kappa shape index (κ1) is 18.6. The average molecular weight is 389 g/mol. The van der Waals surface area contributed by atoms with Gasteiger partial charge >= 0.3 is 0 Å². The van der Waals surface area contributed by atoms with Crippen LogP contribution in [0.4, 0.5) is 11.5 Å². The van der Waals surface area contributed by atoms with Crippen LogP contribution in [-0.4, -0.2) is 51.0 Å². The molecule has 9 nitrogen and oxygen atoms in total. The molecule has 1 fully saturated rings. The van der Waals surface area contributed by atoms with Crippen molar-refractivity contribution in [3.8, 4) is 11.8 Å². The monoisotopic (exact) mass is 389 g/mol. The van der Waals surface area contributed by atoms with Crippen molar-refractivity contribution in [2.24, 2.45) is 0 Å². The molecule has 0 aliphatic carbocycles. The summed E-state index contributed by atoms with van der Waals surface area (Å²) in [5, 5.41) is 29.4. The zero-order valence-electron chi connectivity index (χ0n) is 15.7. The zero-order valence-corrected chi connectivity index (χ0v) is 15.7. The van der Waals surface area contributed by atoms with Gasteiger partial charge in [-0.05, 0) is 11.6 Å². The van der Waals surface area contributed by atoms with Gasteiger partial charge in [-0.15, -0.1) is 15.0 Å². The quantitative estimate of drug-likeness (QED) is 0.487. The summed E-state index contributed by atoms with van der Waals surface area (Å²) in [5.74, 6) is 0.463. The first-order valence-corrected chi connectivity index (χ1v) is 9.28. The fraction of sp³-hybridized carbons (Fsp3) is 0.250. The minimum Gasteiger partial charge on any atom is -0.350 e. The lowest BCUT2D eigenvalue weighted by Crippen LogP contribution is -2.46. The van der Waals surface area contributed by atoms with Crippen LogP contribution in [0.1, 0.15) is 11.3 Å². The van der Waals surface area contributed by atoms with E-state index in [0.717, 1.165) is 19.6 Å². The highest BCUT2D eigenvalue weighted by atomic mass is 16.6. The number of nitro benzene ring substituents is 1. The van der Waals surface area contributed by atoms with Crippen LogP contribution in [0.15, 0.2) is 54.6 Å². The van der Waals surface area contributed by atoms with Gasteiger partial charge in [0.15, 0.2) is 11.5 Å². The van der Waals surface area contributed by atoms with Crippen LogP contribution in [0.5, 0.6) is 0 Å². The second-order valence-corrected chi connectivity index (χ2v) is 6.77. The Morgan fingerprint density at radius 3 is 2.38 bits per heavy atom. The Hall–Kier alpha value is -3.77. The summed E-state index contributed by atoms with van der Waals surface area (Å²) in [4.78, 5) is 16.4. The van der Waals surface area contributed by atoms with E-state index in [0.29, 0.717) is 18.9 Å². The Morgan fingerprint density at radius 2 is 1.69 bits per heavy atom. The van der Waals surface area contributed by atoms with Gasteiger partial charge in [0, 0.05) is 38.8 Å². The highest BCUT2D eigenvalue weighted by Crippen LogP contribution is 2.24. The maximum absolute atomic E-state index is 11.3. The lowest BCUT2D eigenvalue weighted by molar-refractivity contribution is -0.384. The molecule has 2 aromatic carbocycles. The van der Waals surface area contributed by atoms with Crippen LogP contribution in [0.3, 0.4) is 0 Å². The van der Waals surface area contributed by atoms with Crippen molar-refractivity contribution >= 4 is 11.5 Å². The van der Waals surface area contributed by atoms with Gasteiger partial charge in [0.1, 0.15) is 6.07 Å². The van der Waals surface area contributed by atoms with E-state index >= 15 is 0 Å². The zero-order chi connectivity index (χ0) is 20.2. The maximum Gasteiger partial charge on any atom is 0.296 e. The van der Waals surface area contributed by atoms with Gasteiger partial charge in [0.2, 0.25) is 5.69 Å². The Kier molecular flexibility index (Phi) is 5.18. The summed E-state index contributed by atoms with van der Waals surface area (Å²) in [6.07, 6.45) is 0. The summed E-state index contributed by atoms with van der Waals surface area (Å²) < 4.78 is 0. The molecule has 29 heavy (non-hydrogen) atoms. The highest BCUT2D eigenvalue weighted by Gasteiger charge is 2.25. The van der Waals surface area contributed by atoms with Gasteiger partial charge < -0.3 is 4.90 Å². The number of aromatic nitrogens is 3. The first-order valence-electron chi connectivity index (χ1n) is 9.28. The lowest BCUT2D eigenvalue weighted by atomic mass is 10.2. The Morgan fingerprint density at radius 1 is 1.00 bits per heavy atom. The standard InChI is InChI=1S/C20H19N7O2/c21-14-17-20(23-26(22-17)18-8-4-5-9-19(18)27(28)29)25-12-10-24(11-13-25)15-16-6-2-1-3-7-16/h1-9H,10-13,15H2. The predicted molar refractivity (Wildman–Crippen MR) is 107 cm³/mol. The second-order valence-electron chi connectivity index (χ2n) is 6.77. The van der Waals surface area contributed by atoms with Crippen LogP contribution in [0.25, 0.3) is 5.69 Å². The summed E-state index contributed by atoms with van der Waals surface area (Å²) in [6.45, 7) is 3.95. The molecule has 0 unspecified atom stereocenters. The molecule has 146 valence electrons. The number of para-hydroxylation sites is 2. The van der Waals surface area contributed by atoms with Gasteiger partial charge in [-0.25, -0.2) is 0 Å². The molecule has 0 amide bonds. The van der Waals surface area contributed by atoms with Crippen molar-refractivity contribution in [1.82, 2.24) is 19.9 Å². The Bertz CT molecular complexity index is 1050. The van der Waals surface area contributed by atoms with Gasteiger partial charge in [-0.1, -0.05) is 42.5 Å². The van der Waals surface area contributed by atoms with Crippen molar-refractivity contribution in [1.29, 1.82) is 5.26 Å². The topological polar surface area (TPSA) is 104 Å². The molecule has 0 radical (unpaired) electrons. The number of rotatable bonds is 5. The fourth-order valence-electron chi connectivity index (χ4n) is 3.44. The molecule has 0 bridgehead atoms. The summed E-state index contributed by atoms with van der Waals surface area (Å²) in [7, 11) is 0. The maximum atomic E-state index is 11.3. The molecule has 0 saturated carbocycles. The van der Waals surface area contributed by atoms with Gasteiger partial charge in [-0.2, -0.15) is 5.26 Å². The SMILES string of the molecule is N#Cc1nn(-c2ccccc2[N+](=O)[O-])nc1N1CCN(Cc2ccccc2)CC1. The second kappa shape index (κ2) is 8.08. The van der Waals surface area contributed by atoms with Crippen LogP contribution in [-0.2, 0) is 6.54 Å². The third-order valence-electron chi connectivity index (χ3n) is 4.92. The molecule has 0 spiro atoms. The minimum atomic E-state index is -0.479. The molecule has 4 rings (SSSR count). The summed E-state index contributed by atoms with van der Waals surface area (Å²) in [5.41, 5.74) is 1.56. The lowest BCUT2D eigenvalue weighted by Gasteiger charge is -2.34. The number of nitrogens with zero attached hydrogens (tertiary/aromatic N) is 7. The predicted octanol–water partition coefficient (Wildman–Crippen LogP) is 2.37. The smallest absolute Gasteiger partial charge is 0.296 e. The van der Waals surface area contributed by atoms with E-state index in [4.69, 9.17) is 0 Å². The van der Waals surface area contributed by atoms with E-state index in [9.17, 15) is 15.4 Å². The Balaban J connectivity index is 1.52. The van der Waals surface area contributed by atoms with Crippen LogP contribution < -0.4 is 4.90 Å². The van der Waals surface area contributed by atoms with Crippen LogP contribution >= 0.6 is 0 Å². The third-order valence-corrected chi connectivity index (χ3v) is 4.92. The van der Waals surface area contributed by atoms with Crippen LogP contribution in [0, 0.1) is 21.4 Å². The van der Waals surface area contributed by atoms with Crippen molar-refractivity contribution < 1.29 is 4.92 Å². The number of hydrogen-bond acceptors (Lipinski definition) is 7. The van der Waals surface area contributed by atoms with E-state index < -0.39 is 4.92 Å². The van der Waals surface area contributed by atoms with E-state index in [-0.39, 0.29) is 17.1 Å². The number of nitro groups is 1. The average Bonchev–Trinajstić information content (AvgIpc) is 3.19. The first-order chi connectivity index (χ1) is 14.2. The van der Waals surface area contributed by atoms with E-state index in [1.54, 1.807) is 18.2 Å². The van der Waals surface area contributed by atoms with Gasteiger partial charge in [0.25, 0.3) is 5.69 Å². The molecular formula is C20H19N7O2. The van der Waals surface area contributed by atoms with Crippen molar-refractivity contribution in [2.75, 3.05) is 31.1 Å². The molecule has 9 heteroatoms. The van der Waals surface area contributed by atoms with Crippen LogP contribution in [0.2, 0.25) is 0 Å². The number of hydrogen-bond donors (Lipinski definition) is 0. The fourth-order valence-corrected chi connectivity index (χ4v) is 3.44. The number of anilines is 1. The van der Waals surface area contributed by atoms with E-state index in [1.807, 2.05) is 23.1 Å². The minimum absolute atomic E-state index is 0.105. The molecule has 3 aromatic rings. The number of nitriles is 1. The third kappa shape index (κ3) is 3.93. The van der Waals surface area contributed by atoms with Gasteiger partial charge in [0.05, 0.1) is 4.92 Å². The normalized spacial score (nSPS) is 14.5. The molecule has 1 aromatic heterocycles. The summed E-state index contributed by atoms with van der Waals surface area (Å²) in [6, 6.07) is 18.6. The number of piperazine rings is 1. The molecule has 1 aliphatic heterocycles. The molecule has 2 heterocycles. The molecule has 0 atom stereocenters. The molecule has 1 aliphatic rings. The highest BCUT2D eigenvalue weighted by molar-refractivity contribution is 5.54. The number of benzene rings is 2. The largest absolute Gasteiger partial charge is 0.350 e. The molecular weight excluding hydrogens is 370 g/mol. The van der Waals surface area contributed by atoms with Crippen molar-refractivity contribution in [3.05, 3.63) is 76.0 Å². The Labute approximate surface area is 167 Å².